The molecule has 1 heterocycles. The van der Waals surface area contributed by atoms with Crippen molar-refractivity contribution >= 4 is 10.0 Å². The first kappa shape index (κ1) is 18.2. The number of benzene rings is 2. The quantitative estimate of drug-likeness (QED) is 0.660. The molecule has 8 heteroatoms. The average molecular weight is 375 g/mol. The van der Waals surface area contributed by atoms with E-state index in [4.69, 9.17) is 4.52 Å². The third kappa shape index (κ3) is 3.81. The minimum Gasteiger partial charge on any atom is -0.338 e. The predicted octanol–water partition coefficient (Wildman–Crippen LogP) is 3.39. The molecule has 3 aromatic rings. The molecule has 0 radical (unpaired) electrons. The van der Waals surface area contributed by atoms with Crippen LogP contribution in [0.15, 0.2) is 57.9 Å². The van der Waals surface area contributed by atoms with Gasteiger partial charge < -0.3 is 4.52 Å². The minimum atomic E-state index is -3.79. The minimum absolute atomic E-state index is 0.0131. The molecule has 2 aromatic carbocycles. The summed E-state index contributed by atoms with van der Waals surface area (Å²) in [5, 5.41) is 3.92. The summed E-state index contributed by atoms with van der Waals surface area (Å²) in [5.41, 5.74) is 1.85. The second-order valence-electron chi connectivity index (χ2n) is 5.77. The molecule has 26 heavy (non-hydrogen) atoms. The normalized spacial score (nSPS) is 11.8. The van der Waals surface area contributed by atoms with Crippen molar-refractivity contribution in [3.05, 3.63) is 65.8 Å². The van der Waals surface area contributed by atoms with E-state index in [1.165, 1.54) is 16.4 Å². The lowest BCUT2D eigenvalue weighted by molar-refractivity contribution is 0.321. The Morgan fingerprint density at radius 1 is 1.15 bits per heavy atom. The van der Waals surface area contributed by atoms with Gasteiger partial charge >= 0.3 is 0 Å². The van der Waals surface area contributed by atoms with Crippen LogP contribution in [0.2, 0.25) is 0 Å². The van der Waals surface area contributed by atoms with E-state index < -0.39 is 15.8 Å². The van der Waals surface area contributed by atoms with Crippen LogP contribution in [0.3, 0.4) is 0 Å². The zero-order valence-corrected chi connectivity index (χ0v) is 15.2. The molecule has 1 aromatic heterocycles. The van der Waals surface area contributed by atoms with Crippen LogP contribution >= 0.6 is 0 Å². The fraction of sp³-hybridized carbons (Fsp3) is 0.222. The molecule has 0 fully saturated rings. The molecule has 0 saturated carbocycles. The van der Waals surface area contributed by atoms with E-state index in [0.717, 1.165) is 23.3 Å². The molecule has 136 valence electrons. The monoisotopic (exact) mass is 375 g/mol. The number of aromatic nitrogens is 2. The Bertz CT molecular complexity index is 1000. The van der Waals surface area contributed by atoms with Crippen LogP contribution in [-0.2, 0) is 16.6 Å². The Kier molecular flexibility index (Phi) is 5.15. The van der Waals surface area contributed by atoms with Crippen LogP contribution in [0.1, 0.15) is 18.4 Å². The maximum Gasteiger partial charge on any atom is 0.243 e. The van der Waals surface area contributed by atoms with E-state index in [1.807, 2.05) is 31.2 Å². The topological polar surface area (TPSA) is 76.3 Å². The lowest BCUT2D eigenvalue weighted by atomic mass is 10.1. The summed E-state index contributed by atoms with van der Waals surface area (Å²) in [7, 11) is -3.79. The maximum atomic E-state index is 13.1. The van der Waals surface area contributed by atoms with Crippen LogP contribution < -0.4 is 0 Å². The van der Waals surface area contributed by atoms with E-state index in [-0.39, 0.29) is 23.9 Å². The second-order valence-corrected chi connectivity index (χ2v) is 7.70. The Morgan fingerprint density at radius 2 is 1.88 bits per heavy atom. The first-order valence-electron chi connectivity index (χ1n) is 8.05. The fourth-order valence-corrected chi connectivity index (χ4v) is 3.89. The van der Waals surface area contributed by atoms with Gasteiger partial charge in [0.25, 0.3) is 0 Å². The van der Waals surface area contributed by atoms with E-state index in [1.54, 1.807) is 6.92 Å². The van der Waals surface area contributed by atoms with E-state index in [2.05, 4.69) is 10.1 Å². The smallest absolute Gasteiger partial charge is 0.243 e. The molecule has 0 N–H and O–H groups in total. The summed E-state index contributed by atoms with van der Waals surface area (Å²) < 4.78 is 44.9. The number of rotatable bonds is 6. The highest BCUT2D eigenvalue weighted by Gasteiger charge is 2.25. The first-order chi connectivity index (χ1) is 12.4. The zero-order chi connectivity index (χ0) is 18.7. The fourth-order valence-electron chi connectivity index (χ4n) is 2.49. The molecular formula is C18H18FN3O3S. The van der Waals surface area contributed by atoms with Gasteiger partial charge in [0.05, 0.1) is 11.4 Å². The van der Waals surface area contributed by atoms with Crippen LogP contribution in [-0.4, -0.2) is 29.4 Å². The Morgan fingerprint density at radius 3 is 2.54 bits per heavy atom. The molecule has 0 aliphatic rings. The van der Waals surface area contributed by atoms with Gasteiger partial charge in [-0.3, -0.25) is 0 Å². The molecule has 3 rings (SSSR count). The van der Waals surface area contributed by atoms with Crippen molar-refractivity contribution in [2.24, 2.45) is 0 Å². The number of aryl methyl sites for hydroxylation is 1. The largest absolute Gasteiger partial charge is 0.338 e. The van der Waals surface area contributed by atoms with Gasteiger partial charge in [-0.25, -0.2) is 12.8 Å². The second kappa shape index (κ2) is 7.35. The number of sulfonamides is 1. The van der Waals surface area contributed by atoms with Gasteiger partial charge in [-0.2, -0.15) is 9.29 Å². The summed E-state index contributed by atoms with van der Waals surface area (Å²) >= 11 is 0. The first-order valence-corrected chi connectivity index (χ1v) is 9.49. The molecule has 0 unspecified atom stereocenters. The molecule has 0 atom stereocenters. The maximum absolute atomic E-state index is 13.1. The lowest BCUT2D eigenvalue weighted by Gasteiger charge is -2.18. The van der Waals surface area contributed by atoms with Gasteiger partial charge in [0, 0.05) is 12.1 Å². The molecule has 0 bridgehead atoms. The highest BCUT2D eigenvalue weighted by atomic mass is 32.2. The van der Waals surface area contributed by atoms with Crippen molar-refractivity contribution < 1.29 is 17.3 Å². The van der Waals surface area contributed by atoms with Gasteiger partial charge in [0.2, 0.25) is 21.7 Å². The van der Waals surface area contributed by atoms with Crippen LogP contribution in [0.5, 0.6) is 0 Å². The third-order valence-corrected chi connectivity index (χ3v) is 5.80. The SMILES string of the molecule is CCN(Cc1nc(-c2cccc(C)c2)no1)S(=O)(=O)c1ccc(F)cc1. The summed E-state index contributed by atoms with van der Waals surface area (Å²) in [6.07, 6.45) is 0. The van der Waals surface area contributed by atoms with Crippen molar-refractivity contribution in [1.82, 2.24) is 14.4 Å². The van der Waals surface area contributed by atoms with Gasteiger partial charge in [0.1, 0.15) is 5.82 Å². The van der Waals surface area contributed by atoms with Crippen LogP contribution in [0.4, 0.5) is 4.39 Å². The molecule has 0 aliphatic carbocycles. The predicted molar refractivity (Wildman–Crippen MR) is 94.1 cm³/mol. The highest BCUT2D eigenvalue weighted by Crippen LogP contribution is 2.21. The van der Waals surface area contributed by atoms with Crippen molar-refractivity contribution in [2.45, 2.75) is 25.3 Å². The average Bonchev–Trinajstić information content (AvgIpc) is 3.08. The van der Waals surface area contributed by atoms with Crippen molar-refractivity contribution in [3.8, 4) is 11.4 Å². The van der Waals surface area contributed by atoms with Gasteiger partial charge in [-0.1, -0.05) is 35.8 Å². The Labute approximate surface area is 151 Å². The molecular weight excluding hydrogens is 357 g/mol. The van der Waals surface area contributed by atoms with E-state index >= 15 is 0 Å². The molecule has 0 saturated heterocycles. The van der Waals surface area contributed by atoms with E-state index in [0.29, 0.717) is 5.82 Å². The number of nitrogens with zero attached hydrogens (tertiary/aromatic N) is 3. The molecule has 0 aliphatic heterocycles. The van der Waals surface area contributed by atoms with Gasteiger partial charge in [-0.05, 0) is 37.3 Å². The zero-order valence-electron chi connectivity index (χ0n) is 14.4. The number of hydrogen-bond donors (Lipinski definition) is 0. The summed E-state index contributed by atoms with van der Waals surface area (Å²) in [6.45, 7) is 3.81. The lowest BCUT2D eigenvalue weighted by Crippen LogP contribution is -2.30. The van der Waals surface area contributed by atoms with Crippen LogP contribution in [0.25, 0.3) is 11.4 Å². The van der Waals surface area contributed by atoms with Crippen LogP contribution in [0, 0.1) is 12.7 Å². The van der Waals surface area contributed by atoms with E-state index in [9.17, 15) is 12.8 Å². The van der Waals surface area contributed by atoms with Crippen molar-refractivity contribution in [2.75, 3.05) is 6.54 Å². The Hall–Kier alpha value is -2.58. The molecule has 0 spiro atoms. The summed E-state index contributed by atoms with van der Waals surface area (Å²) in [6, 6.07) is 12.3. The molecule has 0 amide bonds. The van der Waals surface area contributed by atoms with Crippen molar-refractivity contribution in [1.29, 1.82) is 0 Å². The third-order valence-electron chi connectivity index (χ3n) is 3.86. The van der Waals surface area contributed by atoms with Gasteiger partial charge in [-0.15, -0.1) is 0 Å². The number of halogens is 1. The van der Waals surface area contributed by atoms with Gasteiger partial charge in [0.15, 0.2) is 0 Å². The Balaban J connectivity index is 1.83. The summed E-state index contributed by atoms with van der Waals surface area (Å²) in [4.78, 5) is 4.30. The standard InChI is InChI=1S/C18H18FN3O3S/c1-3-22(26(23,24)16-9-7-15(19)8-10-16)12-17-20-18(21-25-17)14-6-4-5-13(2)11-14/h4-11H,3,12H2,1-2H3. The molecule has 6 nitrogen and oxygen atoms in total. The summed E-state index contributed by atoms with van der Waals surface area (Å²) in [5.74, 6) is 0.0969. The highest BCUT2D eigenvalue weighted by molar-refractivity contribution is 7.89. The number of hydrogen-bond acceptors (Lipinski definition) is 5. The van der Waals surface area contributed by atoms with Crippen molar-refractivity contribution in [3.63, 3.8) is 0 Å².